The maximum atomic E-state index is 11.1. The quantitative estimate of drug-likeness (QED) is 0.714. The first-order valence-corrected chi connectivity index (χ1v) is 4.78. The number of hydrogen-bond donors (Lipinski definition) is 0. The minimum Gasteiger partial charge on any atom is -0.294 e. The number of ketones is 3. The van der Waals surface area contributed by atoms with Gasteiger partial charge in [-0.1, -0.05) is 0 Å². The molecule has 14 heavy (non-hydrogen) atoms. The smallest absolute Gasteiger partial charge is 0.188 e. The molecule has 0 saturated heterocycles. The lowest BCUT2D eigenvalue weighted by Gasteiger charge is -1.90. The van der Waals surface area contributed by atoms with Crippen LogP contribution in [0.15, 0.2) is 0 Å². The van der Waals surface area contributed by atoms with Gasteiger partial charge in [-0.3, -0.25) is 14.4 Å². The SMILES string of the molecule is CC(=O)c1nc(C(C)=O)c(C(C)=O)s1. The van der Waals surface area contributed by atoms with E-state index in [1.807, 2.05) is 0 Å². The van der Waals surface area contributed by atoms with Gasteiger partial charge < -0.3 is 0 Å². The van der Waals surface area contributed by atoms with Crippen molar-refractivity contribution in [2.45, 2.75) is 20.8 Å². The average Bonchev–Trinajstić information content (AvgIpc) is 2.47. The summed E-state index contributed by atoms with van der Waals surface area (Å²) in [5.41, 5.74) is 0.104. The standard InChI is InChI=1S/C9H9NO3S/c1-4(11)7-8(5(2)12)14-9(10-7)6(3)13/h1-3H3. The number of hydrogen-bond acceptors (Lipinski definition) is 5. The largest absolute Gasteiger partial charge is 0.294 e. The van der Waals surface area contributed by atoms with Crippen molar-refractivity contribution in [1.82, 2.24) is 4.98 Å². The lowest BCUT2D eigenvalue weighted by Crippen LogP contribution is -2.01. The van der Waals surface area contributed by atoms with Crippen molar-refractivity contribution in [1.29, 1.82) is 0 Å². The molecule has 0 aliphatic heterocycles. The Kier molecular flexibility index (Phi) is 2.90. The van der Waals surface area contributed by atoms with Crippen molar-refractivity contribution in [3.8, 4) is 0 Å². The summed E-state index contributed by atoms with van der Waals surface area (Å²) in [5, 5.41) is 0.209. The highest BCUT2D eigenvalue weighted by Gasteiger charge is 2.19. The van der Waals surface area contributed by atoms with Crippen molar-refractivity contribution >= 4 is 28.7 Å². The van der Waals surface area contributed by atoms with Gasteiger partial charge in [-0.2, -0.15) is 0 Å². The van der Waals surface area contributed by atoms with Gasteiger partial charge in [-0.15, -0.1) is 11.3 Å². The normalized spacial score (nSPS) is 9.93. The molecule has 1 aromatic rings. The highest BCUT2D eigenvalue weighted by atomic mass is 32.1. The van der Waals surface area contributed by atoms with E-state index in [4.69, 9.17) is 0 Å². The van der Waals surface area contributed by atoms with Gasteiger partial charge in [0.2, 0.25) is 0 Å². The fourth-order valence-corrected chi connectivity index (χ4v) is 1.85. The van der Waals surface area contributed by atoms with E-state index in [2.05, 4.69) is 4.98 Å². The Morgan fingerprint density at radius 3 is 1.86 bits per heavy atom. The summed E-state index contributed by atoms with van der Waals surface area (Å²) < 4.78 is 0. The van der Waals surface area contributed by atoms with E-state index in [0.717, 1.165) is 11.3 Å². The van der Waals surface area contributed by atoms with Crippen LogP contribution in [0, 0.1) is 0 Å². The van der Waals surface area contributed by atoms with Crippen LogP contribution < -0.4 is 0 Å². The highest BCUT2D eigenvalue weighted by Crippen LogP contribution is 2.20. The molecule has 0 bridgehead atoms. The van der Waals surface area contributed by atoms with E-state index >= 15 is 0 Å². The molecule has 0 saturated carbocycles. The molecule has 0 radical (unpaired) electrons. The van der Waals surface area contributed by atoms with E-state index in [-0.39, 0.29) is 32.9 Å². The van der Waals surface area contributed by atoms with E-state index in [1.165, 1.54) is 20.8 Å². The summed E-state index contributed by atoms with van der Waals surface area (Å²) in [5.74, 6) is -0.760. The van der Waals surface area contributed by atoms with Crippen LogP contribution in [-0.4, -0.2) is 22.3 Å². The molecule has 0 fully saturated rings. The van der Waals surface area contributed by atoms with Crippen LogP contribution in [0.1, 0.15) is 50.7 Å². The van der Waals surface area contributed by atoms with Crippen LogP contribution >= 0.6 is 11.3 Å². The molecule has 5 heteroatoms. The molecule has 0 unspecified atom stereocenters. The maximum Gasteiger partial charge on any atom is 0.188 e. The molecule has 1 heterocycles. The first kappa shape index (κ1) is 10.7. The van der Waals surface area contributed by atoms with Gasteiger partial charge >= 0.3 is 0 Å². The molecule has 0 amide bonds. The summed E-state index contributed by atoms with van der Waals surface area (Å²) in [6.07, 6.45) is 0. The second-order valence-corrected chi connectivity index (χ2v) is 3.86. The lowest BCUT2D eigenvalue weighted by atomic mass is 10.2. The number of rotatable bonds is 3. The second kappa shape index (κ2) is 3.79. The van der Waals surface area contributed by atoms with Crippen molar-refractivity contribution in [3.63, 3.8) is 0 Å². The van der Waals surface area contributed by atoms with E-state index in [9.17, 15) is 14.4 Å². The summed E-state index contributed by atoms with van der Waals surface area (Å²) in [7, 11) is 0. The van der Waals surface area contributed by atoms with Gasteiger partial charge in [0.15, 0.2) is 22.4 Å². The van der Waals surface area contributed by atoms with Crippen LogP contribution in [-0.2, 0) is 0 Å². The molecule has 1 aromatic heterocycles. The van der Waals surface area contributed by atoms with E-state index in [0.29, 0.717) is 0 Å². The van der Waals surface area contributed by atoms with Crippen LogP contribution in [0.2, 0.25) is 0 Å². The van der Waals surface area contributed by atoms with Gasteiger partial charge in [0, 0.05) is 20.8 Å². The number of nitrogens with zero attached hydrogens (tertiary/aromatic N) is 1. The summed E-state index contributed by atoms with van der Waals surface area (Å²) in [6.45, 7) is 4.03. The average molecular weight is 211 g/mol. The number of carbonyl (C=O) groups excluding carboxylic acids is 3. The van der Waals surface area contributed by atoms with Crippen molar-refractivity contribution in [3.05, 3.63) is 15.6 Å². The first-order chi connectivity index (χ1) is 6.43. The summed E-state index contributed by atoms with van der Waals surface area (Å²) in [6, 6.07) is 0. The highest BCUT2D eigenvalue weighted by molar-refractivity contribution is 7.15. The molecule has 0 aliphatic carbocycles. The molecule has 74 valence electrons. The molecule has 0 spiro atoms. The monoisotopic (exact) mass is 211 g/mol. The number of thiazole rings is 1. The van der Waals surface area contributed by atoms with Crippen molar-refractivity contribution in [2.24, 2.45) is 0 Å². The predicted molar refractivity (Wildman–Crippen MR) is 52.1 cm³/mol. The van der Waals surface area contributed by atoms with Gasteiger partial charge in [-0.05, 0) is 0 Å². The van der Waals surface area contributed by atoms with Crippen LogP contribution in [0.25, 0.3) is 0 Å². The minimum absolute atomic E-state index is 0.104. The third-order valence-electron chi connectivity index (χ3n) is 1.58. The first-order valence-electron chi connectivity index (χ1n) is 3.97. The lowest BCUT2D eigenvalue weighted by molar-refractivity contribution is 0.0979. The fourth-order valence-electron chi connectivity index (χ4n) is 0.948. The molecule has 0 atom stereocenters. The topological polar surface area (TPSA) is 64.1 Å². The number of carbonyl (C=O) groups is 3. The second-order valence-electron chi connectivity index (χ2n) is 2.87. The zero-order valence-electron chi connectivity index (χ0n) is 8.08. The molecule has 1 rings (SSSR count). The van der Waals surface area contributed by atoms with E-state index in [1.54, 1.807) is 0 Å². The third-order valence-corrected chi connectivity index (χ3v) is 2.84. The van der Waals surface area contributed by atoms with Crippen LogP contribution in [0.3, 0.4) is 0 Å². The number of aromatic nitrogens is 1. The fraction of sp³-hybridized carbons (Fsp3) is 0.333. The number of Topliss-reactive ketones (excluding diaryl/α,β-unsaturated/α-hetero) is 3. The molecule has 0 aromatic carbocycles. The zero-order chi connectivity index (χ0) is 10.9. The van der Waals surface area contributed by atoms with Gasteiger partial charge in [-0.25, -0.2) is 4.98 Å². The zero-order valence-corrected chi connectivity index (χ0v) is 8.90. The Bertz CT molecular complexity index is 388. The van der Waals surface area contributed by atoms with E-state index < -0.39 is 0 Å². The Morgan fingerprint density at radius 2 is 1.57 bits per heavy atom. The summed E-state index contributed by atoms with van der Waals surface area (Å²) in [4.78, 5) is 37.3. The Balaban J connectivity index is 3.33. The maximum absolute atomic E-state index is 11.1. The van der Waals surface area contributed by atoms with Gasteiger partial charge in [0.25, 0.3) is 0 Å². The Hall–Kier alpha value is -1.36. The van der Waals surface area contributed by atoms with Crippen molar-refractivity contribution < 1.29 is 14.4 Å². The summed E-state index contributed by atoms with van der Waals surface area (Å²) >= 11 is 0.973. The minimum atomic E-state index is -0.293. The van der Waals surface area contributed by atoms with Crippen LogP contribution in [0.4, 0.5) is 0 Å². The Morgan fingerprint density at radius 1 is 1.00 bits per heavy atom. The van der Waals surface area contributed by atoms with Gasteiger partial charge in [0.1, 0.15) is 10.6 Å². The Labute approximate surface area is 85.0 Å². The molecule has 0 N–H and O–H groups in total. The molecule has 0 aliphatic rings. The third kappa shape index (κ3) is 1.93. The molecular weight excluding hydrogens is 202 g/mol. The van der Waals surface area contributed by atoms with Gasteiger partial charge in [0.05, 0.1) is 0 Å². The van der Waals surface area contributed by atoms with Crippen molar-refractivity contribution in [2.75, 3.05) is 0 Å². The predicted octanol–water partition coefficient (Wildman–Crippen LogP) is 1.75. The molecular formula is C9H9NO3S. The molecule has 4 nitrogen and oxygen atoms in total. The van der Waals surface area contributed by atoms with Crippen LogP contribution in [0.5, 0.6) is 0 Å².